The van der Waals surface area contributed by atoms with Crippen LogP contribution in [-0.2, 0) is 13.6 Å². The lowest BCUT2D eigenvalue weighted by atomic mass is 10.2. The molecule has 0 saturated heterocycles. The molecule has 18 heavy (non-hydrogen) atoms. The third-order valence-corrected chi connectivity index (χ3v) is 3.89. The van der Waals surface area contributed by atoms with E-state index in [0.29, 0.717) is 11.7 Å². The second-order valence-corrected chi connectivity index (χ2v) is 5.56. The van der Waals surface area contributed by atoms with Crippen molar-refractivity contribution in [1.82, 2.24) is 9.78 Å². The highest BCUT2D eigenvalue weighted by molar-refractivity contribution is 9.10. The fraction of sp³-hybridized carbons (Fsp3) is 0.308. The van der Waals surface area contributed by atoms with E-state index in [-0.39, 0.29) is 0 Å². The van der Waals surface area contributed by atoms with E-state index in [9.17, 15) is 0 Å². The lowest BCUT2D eigenvalue weighted by Gasteiger charge is -2.10. The molecular weight excluding hydrogens is 314 g/mol. The molecule has 0 spiro atoms. The van der Waals surface area contributed by atoms with Gasteiger partial charge in [0, 0.05) is 29.3 Å². The molecule has 3 nitrogen and oxygen atoms in total. The Morgan fingerprint density at radius 2 is 2.11 bits per heavy atom. The largest absolute Gasteiger partial charge is 0.381 e. The van der Waals surface area contributed by atoms with Crippen molar-refractivity contribution in [3.05, 3.63) is 44.6 Å². The number of hydrogen-bond acceptors (Lipinski definition) is 2. The molecule has 0 fully saturated rings. The van der Waals surface area contributed by atoms with E-state index < -0.39 is 0 Å². The van der Waals surface area contributed by atoms with Crippen molar-refractivity contribution in [2.24, 2.45) is 7.05 Å². The predicted molar refractivity (Wildman–Crippen MR) is 79.2 cm³/mol. The van der Waals surface area contributed by atoms with Gasteiger partial charge in [-0.25, -0.2) is 0 Å². The van der Waals surface area contributed by atoms with Crippen LogP contribution in [-0.4, -0.2) is 9.78 Å². The van der Waals surface area contributed by atoms with Crippen molar-refractivity contribution in [2.75, 3.05) is 5.32 Å². The minimum atomic E-state index is 0.676. The molecule has 96 valence electrons. The van der Waals surface area contributed by atoms with Gasteiger partial charge in [-0.15, -0.1) is 0 Å². The molecule has 1 aromatic heterocycles. The Balaban J connectivity index is 2.19. The minimum absolute atomic E-state index is 0.676. The minimum Gasteiger partial charge on any atom is -0.381 e. The first-order valence-electron chi connectivity index (χ1n) is 5.67. The molecule has 2 rings (SSSR count). The summed E-state index contributed by atoms with van der Waals surface area (Å²) in [6.45, 7) is 4.72. The summed E-state index contributed by atoms with van der Waals surface area (Å²) in [5.74, 6) is 0. The van der Waals surface area contributed by atoms with Crippen LogP contribution in [0.25, 0.3) is 0 Å². The van der Waals surface area contributed by atoms with Gasteiger partial charge in [-0.2, -0.15) is 5.10 Å². The van der Waals surface area contributed by atoms with Crippen molar-refractivity contribution in [2.45, 2.75) is 20.4 Å². The second-order valence-electron chi connectivity index (χ2n) is 4.29. The van der Waals surface area contributed by atoms with Crippen LogP contribution in [0.1, 0.15) is 16.8 Å². The molecule has 0 saturated carbocycles. The summed E-state index contributed by atoms with van der Waals surface area (Å²) in [5, 5.41) is 8.38. The van der Waals surface area contributed by atoms with Gasteiger partial charge in [0.05, 0.1) is 5.69 Å². The zero-order valence-corrected chi connectivity index (χ0v) is 12.9. The number of aromatic nitrogens is 2. The molecule has 0 aliphatic heterocycles. The Hall–Kier alpha value is -1.00. The van der Waals surface area contributed by atoms with Gasteiger partial charge in [0.1, 0.15) is 5.15 Å². The zero-order chi connectivity index (χ0) is 13.3. The summed E-state index contributed by atoms with van der Waals surface area (Å²) in [4.78, 5) is 0. The molecule has 5 heteroatoms. The van der Waals surface area contributed by atoms with Crippen molar-refractivity contribution in [3.63, 3.8) is 0 Å². The van der Waals surface area contributed by atoms with Crippen LogP contribution < -0.4 is 5.32 Å². The Bertz CT molecular complexity index is 578. The highest BCUT2D eigenvalue weighted by Gasteiger charge is 2.11. The summed E-state index contributed by atoms with van der Waals surface area (Å²) in [5.41, 5.74) is 4.31. The number of rotatable bonds is 3. The standard InChI is InChI=1S/C13H15BrClN3/c1-8-4-5-10(14)6-12(8)16-7-11-9(2)17-18(3)13(11)15/h4-6,16H,7H2,1-3H3. The summed E-state index contributed by atoms with van der Waals surface area (Å²) in [6.07, 6.45) is 0. The third-order valence-electron chi connectivity index (χ3n) is 2.93. The number of aryl methyl sites for hydroxylation is 3. The molecule has 0 radical (unpaired) electrons. The number of anilines is 1. The van der Waals surface area contributed by atoms with E-state index in [0.717, 1.165) is 21.4 Å². The molecule has 1 aromatic carbocycles. The van der Waals surface area contributed by atoms with Gasteiger partial charge in [-0.05, 0) is 31.5 Å². The van der Waals surface area contributed by atoms with Crippen LogP contribution in [0.3, 0.4) is 0 Å². The van der Waals surface area contributed by atoms with E-state index in [1.165, 1.54) is 5.56 Å². The first-order chi connectivity index (χ1) is 8.49. The van der Waals surface area contributed by atoms with E-state index in [1.54, 1.807) is 4.68 Å². The van der Waals surface area contributed by atoms with E-state index in [2.05, 4.69) is 45.4 Å². The maximum Gasteiger partial charge on any atom is 0.131 e. The Morgan fingerprint density at radius 1 is 1.39 bits per heavy atom. The summed E-state index contributed by atoms with van der Waals surface area (Å²) in [7, 11) is 1.85. The van der Waals surface area contributed by atoms with Crippen molar-refractivity contribution < 1.29 is 0 Å². The van der Waals surface area contributed by atoms with E-state index in [4.69, 9.17) is 11.6 Å². The monoisotopic (exact) mass is 327 g/mol. The van der Waals surface area contributed by atoms with Gasteiger partial charge < -0.3 is 5.32 Å². The van der Waals surface area contributed by atoms with Crippen molar-refractivity contribution in [3.8, 4) is 0 Å². The van der Waals surface area contributed by atoms with Crippen LogP contribution in [0.4, 0.5) is 5.69 Å². The molecule has 2 aromatic rings. The lowest BCUT2D eigenvalue weighted by molar-refractivity contribution is 0.757. The average molecular weight is 329 g/mol. The maximum absolute atomic E-state index is 6.20. The second kappa shape index (κ2) is 5.33. The van der Waals surface area contributed by atoms with Crippen molar-refractivity contribution in [1.29, 1.82) is 0 Å². The molecule has 0 atom stereocenters. The topological polar surface area (TPSA) is 29.9 Å². The fourth-order valence-electron chi connectivity index (χ4n) is 1.84. The summed E-state index contributed by atoms with van der Waals surface area (Å²) >= 11 is 9.68. The Morgan fingerprint density at radius 3 is 2.72 bits per heavy atom. The van der Waals surface area contributed by atoms with Gasteiger partial charge in [0.25, 0.3) is 0 Å². The molecule has 1 heterocycles. The number of halogens is 2. The molecule has 0 bridgehead atoms. The van der Waals surface area contributed by atoms with Crippen LogP contribution in [0, 0.1) is 13.8 Å². The Kier molecular flexibility index (Phi) is 3.97. The summed E-state index contributed by atoms with van der Waals surface area (Å²) < 4.78 is 2.76. The van der Waals surface area contributed by atoms with Gasteiger partial charge in [-0.3, -0.25) is 4.68 Å². The van der Waals surface area contributed by atoms with Gasteiger partial charge in [0.15, 0.2) is 0 Å². The predicted octanol–water partition coefficient (Wildman–Crippen LogP) is 4.06. The lowest BCUT2D eigenvalue weighted by Crippen LogP contribution is -2.02. The number of benzene rings is 1. The first-order valence-corrected chi connectivity index (χ1v) is 6.84. The highest BCUT2D eigenvalue weighted by atomic mass is 79.9. The van der Waals surface area contributed by atoms with E-state index in [1.807, 2.05) is 20.0 Å². The number of hydrogen-bond donors (Lipinski definition) is 1. The van der Waals surface area contributed by atoms with Crippen LogP contribution in [0.2, 0.25) is 5.15 Å². The first kappa shape index (κ1) is 13.4. The van der Waals surface area contributed by atoms with Gasteiger partial charge in [-0.1, -0.05) is 33.6 Å². The molecule has 0 unspecified atom stereocenters. The Labute approximate surface area is 120 Å². The van der Waals surface area contributed by atoms with Crippen LogP contribution >= 0.6 is 27.5 Å². The molecule has 0 aliphatic carbocycles. The zero-order valence-electron chi connectivity index (χ0n) is 10.6. The molecular formula is C13H15BrClN3. The molecule has 0 amide bonds. The summed E-state index contributed by atoms with van der Waals surface area (Å²) in [6, 6.07) is 6.17. The maximum atomic E-state index is 6.20. The van der Waals surface area contributed by atoms with Gasteiger partial charge >= 0.3 is 0 Å². The van der Waals surface area contributed by atoms with E-state index >= 15 is 0 Å². The third kappa shape index (κ3) is 2.70. The quantitative estimate of drug-likeness (QED) is 0.920. The van der Waals surface area contributed by atoms with Crippen LogP contribution in [0.15, 0.2) is 22.7 Å². The fourth-order valence-corrected chi connectivity index (χ4v) is 2.45. The van der Waals surface area contributed by atoms with Crippen LogP contribution in [0.5, 0.6) is 0 Å². The highest BCUT2D eigenvalue weighted by Crippen LogP contribution is 2.24. The number of nitrogens with zero attached hydrogens (tertiary/aromatic N) is 2. The van der Waals surface area contributed by atoms with Gasteiger partial charge in [0.2, 0.25) is 0 Å². The molecule has 0 aliphatic rings. The number of nitrogens with one attached hydrogen (secondary N) is 1. The smallest absolute Gasteiger partial charge is 0.131 e. The normalized spacial score (nSPS) is 10.7. The average Bonchev–Trinajstić information content (AvgIpc) is 2.55. The van der Waals surface area contributed by atoms with Crippen molar-refractivity contribution >= 4 is 33.2 Å². The molecule has 1 N–H and O–H groups in total. The SMILES string of the molecule is Cc1ccc(Br)cc1NCc1c(C)nn(C)c1Cl.